The number of ketones is 1. The fourth-order valence-electron chi connectivity index (χ4n) is 3.92. The van der Waals surface area contributed by atoms with E-state index in [1.807, 2.05) is 30.3 Å². The van der Waals surface area contributed by atoms with E-state index < -0.39 is 8.07 Å². The Morgan fingerprint density at radius 1 is 0.958 bits per heavy atom. The van der Waals surface area contributed by atoms with Gasteiger partial charge in [0.2, 0.25) is 0 Å². The van der Waals surface area contributed by atoms with E-state index in [0.29, 0.717) is 23.0 Å². The fraction of sp³-hybridized carbons (Fsp3) is 0.591. The minimum absolute atomic E-state index is 0.167. The Bertz CT molecular complexity index is 553. The molecule has 0 aliphatic carbocycles. The first-order chi connectivity index (χ1) is 11.3. The summed E-state index contributed by atoms with van der Waals surface area (Å²) in [6, 6.07) is 9.60. The Labute approximate surface area is 150 Å². The van der Waals surface area contributed by atoms with Crippen molar-refractivity contribution in [2.45, 2.75) is 77.9 Å². The van der Waals surface area contributed by atoms with Crippen molar-refractivity contribution in [2.24, 2.45) is 5.92 Å². The molecule has 24 heavy (non-hydrogen) atoms. The molecule has 0 heterocycles. The van der Waals surface area contributed by atoms with Gasteiger partial charge in [0, 0.05) is 17.9 Å². The van der Waals surface area contributed by atoms with Crippen LogP contribution >= 0.6 is 0 Å². The van der Waals surface area contributed by atoms with Crippen molar-refractivity contribution in [3.8, 4) is 11.5 Å². The van der Waals surface area contributed by atoms with E-state index in [-0.39, 0.29) is 11.7 Å². The van der Waals surface area contributed by atoms with Gasteiger partial charge in [-0.3, -0.25) is 4.79 Å². The highest BCUT2D eigenvalue weighted by molar-refractivity contribution is 6.90. The molecule has 0 aliphatic rings. The van der Waals surface area contributed by atoms with E-state index in [9.17, 15) is 4.79 Å². The van der Waals surface area contributed by atoms with Crippen LogP contribution < -0.4 is 0 Å². The maximum Gasteiger partial charge on any atom is 0.164 e. The predicted octanol–water partition coefficient (Wildman–Crippen LogP) is 6.51. The van der Waals surface area contributed by atoms with E-state index in [1.165, 1.54) is 0 Å². The van der Waals surface area contributed by atoms with Crippen LogP contribution in [0.5, 0.6) is 0 Å². The number of carbonyl (C=O) groups is 1. The maximum atomic E-state index is 12.5. The van der Waals surface area contributed by atoms with Crippen molar-refractivity contribution in [3.05, 3.63) is 35.9 Å². The molecule has 0 amide bonds. The van der Waals surface area contributed by atoms with Crippen molar-refractivity contribution >= 4 is 13.9 Å². The van der Waals surface area contributed by atoms with Crippen LogP contribution in [0.1, 0.15) is 71.7 Å². The van der Waals surface area contributed by atoms with Crippen molar-refractivity contribution < 1.29 is 4.79 Å². The van der Waals surface area contributed by atoms with Crippen molar-refractivity contribution in [2.75, 3.05) is 0 Å². The SMILES string of the molecule is CC[C@H](C#C[Si](C(C)C)(C(C)C)C(C)C)CC(=O)c1ccccc1. The summed E-state index contributed by atoms with van der Waals surface area (Å²) >= 11 is 0. The normalized spacial score (nSPS) is 13.1. The standard InChI is InChI=1S/C22H34OSi/c1-8-20(16-22(23)21-12-10-9-11-13-21)14-15-24(17(2)3,18(4)5)19(6)7/h9-13,17-20H,8,16H2,1-7H3/t20-/m1/s1. The van der Waals surface area contributed by atoms with Crippen molar-refractivity contribution in [1.82, 2.24) is 0 Å². The minimum atomic E-state index is -1.71. The smallest absolute Gasteiger partial charge is 0.164 e. The van der Waals surface area contributed by atoms with E-state index in [0.717, 1.165) is 12.0 Å². The lowest BCUT2D eigenvalue weighted by Crippen LogP contribution is -2.43. The van der Waals surface area contributed by atoms with Gasteiger partial charge in [0.1, 0.15) is 8.07 Å². The minimum Gasteiger partial charge on any atom is -0.294 e. The fourth-order valence-corrected chi connectivity index (χ4v) is 9.24. The monoisotopic (exact) mass is 342 g/mol. The summed E-state index contributed by atoms with van der Waals surface area (Å²) in [6.45, 7) is 16.1. The van der Waals surface area contributed by atoms with Gasteiger partial charge in [0.25, 0.3) is 0 Å². The Hall–Kier alpha value is -1.33. The molecule has 0 N–H and O–H groups in total. The van der Waals surface area contributed by atoms with Gasteiger partial charge in [-0.1, -0.05) is 78.8 Å². The Kier molecular flexibility index (Phi) is 7.96. The van der Waals surface area contributed by atoms with Crippen molar-refractivity contribution in [1.29, 1.82) is 0 Å². The van der Waals surface area contributed by atoms with Gasteiger partial charge in [-0.25, -0.2) is 0 Å². The van der Waals surface area contributed by atoms with E-state index in [4.69, 9.17) is 0 Å². The summed E-state index contributed by atoms with van der Waals surface area (Å²) in [7, 11) is -1.71. The van der Waals surface area contributed by atoms with Crippen LogP contribution in [0.2, 0.25) is 16.6 Å². The Morgan fingerprint density at radius 2 is 1.46 bits per heavy atom. The Morgan fingerprint density at radius 3 is 1.88 bits per heavy atom. The molecule has 0 radical (unpaired) electrons. The lowest BCUT2D eigenvalue weighted by atomic mass is 9.97. The average molecular weight is 343 g/mol. The second-order valence-corrected chi connectivity index (χ2v) is 13.3. The summed E-state index contributed by atoms with van der Waals surface area (Å²) < 4.78 is 0. The molecule has 0 bridgehead atoms. The van der Waals surface area contributed by atoms with Gasteiger partial charge in [-0.15, -0.1) is 11.5 Å². The molecule has 0 saturated heterocycles. The predicted molar refractivity (Wildman–Crippen MR) is 108 cm³/mol. The van der Waals surface area contributed by atoms with Crippen LogP contribution in [-0.4, -0.2) is 13.9 Å². The lowest BCUT2D eigenvalue weighted by Gasteiger charge is -2.38. The lowest BCUT2D eigenvalue weighted by molar-refractivity contribution is 0.0970. The number of benzene rings is 1. The molecular formula is C22H34OSi. The summed E-state index contributed by atoms with van der Waals surface area (Å²) in [6.07, 6.45) is 1.47. The highest BCUT2D eigenvalue weighted by atomic mass is 28.3. The first-order valence-electron chi connectivity index (χ1n) is 9.36. The number of hydrogen-bond donors (Lipinski definition) is 0. The molecular weight excluding hydrogens is 308 g/mol. The highest BCUT2D eigenvalue weighted by Crippen LogP contribution is 2.40. The van der Waals surface area contributed by atoms with Crippen LogP contribution in [-0.2, 0) is 0 Å². The first kappa shape index (κ1) is 20.7. The largest absolute Gasteiger partial charge is 0.294 e. The topological polar surface area (TPSA) is 17.1 Å². The molecule has 2 heteroatoms. The zero-order chi connectivity index (χ0) is 18.3. The number of hydrogen-bond acceptors (Lipinski definition) is 1. The van der Waals surface area contributed by atoms with E-state index in [1.54, 1.807) is 0 Å². The van der Waals surface area contributed by atoms with Gasteiger partial charge >= 0.3 is 0 Å². The molecule has 0 unspecified atom stereocenters. The molecule has 0 aromatic heterocycles. The van der Waals surface area contributed by atoms with Crippen LogP contribution in [0.15, 0.2) is 30.3 Å². The second kappa shape index (κ2) is 9.23. The molecule has 1 nitrogen and oxygen atoms in total. The zero-order valence-corrected chi connectivity index (χ0v) is 17.5. The number of Topliss-reactive ketones (excluding diaryl/α,β-unsaturated/α-hetero) is 1. The average Bonchev–Trinajstić information content (AvgIpc) is 2.53. The number of carbonyl (C=O) groups excluding carboxylic acids is 1. The molecule has 132 valence electrons. The van der Waals surface area contributed by atoms with Gasteiger partial charge in [0.15, 0.2) is 5.78 Å². The van der Waals surface area contributed by atoms with E-state index in [2.05, 4.69) is 59.9 Å². The van der Waals surface area contributed by atoms with Crippen LogP contribution in [0.3, 0.4) is 0 Å². The summed E-state index contributed by atoms with van der Waals surface area (Å²) in [5, 5.41) is 0. The molecule has 1 aromatic rings. The summed E-state index contributed by atoms with van der Waals surface area (Å²) in [5.74, 6) is 3.92. The van der Waals surface area contributed by atoms with Crippen LogP contribution in [0.4, 0.5) is 0 Å². The van der Waals surface area contributed by atoms with Crippen LogP contribution in [0.25, 0.3) is 0 Å². The summed E-state index contributed by atoms with van der Waals surface area (Å²) in [5.41, 5.74) is 6.48. The molecule has 0 fully saturated rings. The van der Waals surface area contributed by atoms with E-state index >= 15 is 0 Å². The quantitative estimate of drug-likeness (QED) is 0.314. The van der Waals surface area contributed by atoms with Gasteiger partial charge in [-0.05, 0) is 23.0 Å². The maximum absolute atomic E-state index is 12.5. The molecule has 0 spiro atoms. The molecule has 1 atom stereocenters. The molecule has 0 aliphatic heterocycles. The van der Waals surface area contributed by atoms with Gasteiger partial charge in [-0.2, -0.15) is 0 Å². The van der Waals surface area contributed by atoms with Crippen molar-refractivity contribution in [3.63, 3.8) is 0 Å². The third kappa shape index (κ3) is 4.83. The molecule has 0 saturated carbocycles. The van der Waals surface area contributed by atoms with Crippen LogP contribution in [0, 0.1) is 17.4 Å². The second-order valence-electron chi connectivity index (χ2n) is 7.76. The number of rotatable bonds is 7. The summed E-state index contributed by atoms with van der Waals surface area (Å²) in [4.78, 5) is 12.5. The highest BCUT2D eigenvalue weighted by Gasteiger charge is 2.41. The zero-order valence-electron chi connectivity index (χ0n) is 16.5. The molecule has 1 aromatic carbocycles. The van der Waals surface area contributed by atoms with Gasteiger partial charge in [0.05, 0.1) is 0 Å². The third-order valence-electron chi connectivity index (χ3n) is 5.38. The van der Waals surface area contributed by atoms with Gasteiger partial charge < -0.3 is 0 Å². The third-order valence-corrected chi connectivity index (χ3v) is 11.7. The first-order valence-corrected chi connectivity index (χ1v) is 11.6. The Balaban J connectivity index is 3.02. The molecule has 1 rings (SSSR count).